The third-order valence-corrected chi connectivity index (χ3v) is 4.79. The number of nitrogens with zero attached hydrogens (tertiary/aromatic N) is 1. The first kappa shape index (κ1) is 19.8. The standard InChI is InChI=1S/C22H21FN2O2S/c1-2-3-4-5-6-12-27-19-9-7-8-16(22(19)23)13-21(26)25-17-10-11-18-20(14-17)28-15-24-18/h7-11,14-15H,2-3,6,12-13H2,1H3,(H,25,26). The molecule has 0 saturated heterocycles. The number of benzene rings is 2. The Bertz CT molecular complexity index is 1020. The number of amides is 1. The Labute approximate surface area is 167 Å². The van der Waals surface area contributed by atoms with E-state index in [-0.39, 0.29) is 18.1 Å². The van der Waals surface area contributed by atoms with Gasteiger partial charge in [0.1, 0.15) is 0 Å². The first-order valence-corrected chi connectivity index (χ1v) is 10.0. The van der Waals surface area contributed by atoms with Crippen molar-refractivity contribution in [1.82, 2.24) is 4.98 Å². The fraction of sp³-hybridized carbons (Fsp3) is 0.273. The van der Waals surface area contributed by atoms with Crippen LogP contribution in [0.1, 0.15) is 31.7 Å². The minimum Gasteiger partial charge on any atom is -0.490 e. The van der Waals surface area contributed by atoms with Crippen LogP contribution in [0.4, 0.5) is 10.1 Å². The maximum absolute atomic E-state index is 14.6. The lowest BCUT2D eigenvalue weighted by Gasteiger charge is -2.10. The van der Waals surface area contributed by atoms with Gasteiger partial charge >= 0.3 is 0 Å². The number of halogens is 1. The molecule has 1 N–H and O–H groups in total. The number of anilines is 1. The molecule has 0 atom stereocenters. The molecule has 28 heavy (non-hydrogen) atoms. The number of rotatable bonds is 7. The van der Waals surface area contributed by atoms with Crippen molar-refractivity contribution in [3.8, 4) is 17.6 Å². The van der Waals surface area contributed by atoms with Gasteiger partial charge in [-0.3, -0.25) is 4.79 Å². The van der Waals surface area contributed by atoms with Crippen molar-refractivity contribution in [2.45, 2.75) is 32.6 Å². The summed E-state index contributed by atoms with van der Waals surface area (Å²) in [6.45, 7) is 2.39. The van der Waals surface area contributed by atoms with E-state index in [1.807, 2.05) is 12.1 Å². The first-order valence-electron chi connectivity index (χ1n) is 9.16. The molecule has 0 spiro atoms. The third kappa shape index (κ3) is 5.30. The second-order valence-electron chi connectivity index (χ2n) is 6.19. The molecule has 0 aliphatic carbocycles. The molecule has 3 rings (SSSR count). The summed E-state index contributed by atoms with van der Waals surface area (Å²) >= 11 is 1.50. The molecule has 1 amide bonds. The normalized spacial score (nSPS) is 10.4. The summed E-state index contributed by atoms with van der Waals surface area (Å²) in [7, 11) is 0. The van der Waals surface area contributed by atoms with Crippen molar-refractivity contribution in [1.29, 1.82) is 0 Å². The fourth-order valence-corrected chi connectivity index (χ4v) is 3.35. The molecule has 6 heteroatoms. The largest absolute Gasteiger partial charge is 0.490 e. The molecule has 0 aliphatic heterocycles. The van der Waals surface area contributed by atoms with Crippen LogP contribution in [0.15, 0.2) is 41.9 Å². The summed E-state index contributed by atoms with van der Waals surface area (Å²) in [6.07, 6.45) is 2.35. The van der Waals surface area contributed by atoms with Crippen molar-refractivity contribution in [3.63, 3.8) is 0 Å². The van der Waals surface area contributed by atoms with Crippen molar-refractivity contribution in [2.75, 3.05) is 11.9 Å². The van der Waals surface area contributed by atoms with Gasteiger partial charge in [-0.15, -0.1) is 17.3 Å². The number of aromatic nitrogens is 1. The van der Waals surface area contributed by atoms with Gasteiger partial charge in [0, 0.05) is 24.1 Å². The molecule has 144 valence electrons. The number of unbranched alkanes of at least 4 members (excludes halogenated alkanes) is 1. The monoisotopic (exact) mass is 396 g/mol. The van der Waals surface area contributed by atoms with Gasteiger partial charge in [-0.1, -0.05) is 25.0 Å². The van der Waals surface area contributed by atoms with Crippen LogP contribution >= 0.6 is 11.3 Å². The molecule has 4 nitrogen and oxygen atoms in total. The van der Waals surface area contributed by atoms with Gasteiger partial charge in [0.25, 0.3) is 0 Å². The zero-order valence-corrected chi connectivity index (χ0v) is 16.4. The van der Waals surface area contributed by atoms with E-state index in [4.69, 9.17) is 4.74 Å². The number of carbonyl (C=O) groups is 1. The predicted molar refractivity (Wildman–Crippen MR) is 111 cm³/mol. The smallest absolute Gasteiger partial charge is 0.228 e. The molecule has 0 unspecified atom stereocenters. The zero-order valence-electron chi connectivity index (χ0n) is 15.6. The van der Waals surface area contributed by atoms with Crippen LogP contribution in [0.25, 0.3) is 10.2 Å². The highest BCUT2D eigenvalue weighted by Crippen LogP contribution is 2.23. The van der Waals surface area contributed by atoms with Crippen LogP contribution in [0.5, 0.6) is 5.75 Å². The molecule has 0 saturated carbocycles. The molecule has 0 aliphatic rings. The summed E-state index contributed by atoms with van der Waals surface area (Å²) in [5, 5.41) is 2.81. The summed E-state index contributed by atoms with van der Waals surface area (Å²) in [5.41, 5.74) is 3.61. The Hall–Kier alpha value is -2.91. The van der Waals surface area contributed by atoms with E-state index < -0.39 is 5.82 Å². The van der Waals surface area contributed by atoms with Crippen molar-refractivity contribution in [2.24, 2.45) is 0 Å². The van der Waals surface area contributed by atoms with E-state index >= 15 is 0 Å². The van der Waals surface area contributed by atoms with E-state index in [1.165, 1.54) is 11.3 Å². The highest BCUT2D eigenvalue weighted by Gasteiger charge is 2.13. The number of hydrogen-bond donors (Lipinski definition) is 1. The van der Waals surface area contributed by atoms with Crippen LogP contribution in [-0.4, -0.2) is 17.5 Å². The Morgan fingerprint density at radius 3 is 2.96 bits per heavy atom. The van der Waals surface area contributed by atoms with Crippen LogP contribution in [0.2, 0.25) is 0 Å². The fourth-order valence-electron chi connectivity index (χ4n) is 2.63. The summed E-state index contributed by atoms with van der Waals surface area (Å²) < 4.78 is 21.1. The molecule has 0 radical (unpaired) electrons. The lowest BCUT2D eigenvalue weighted by Crippen LogP contribution is -2.15. The molecule has 3 aromatic rings. The second kappa shape index (κ2) is 9.86. The van der Waals surface area contributed by atoms with Gasteiger partial charge in [-0.2, -0.15) is 0 Å². The average molecular weight is 396 g/mol. The minimum absolute atomic E-state index is 0.0694. The second-order valence-corrected chi connectivity index (χ2v) is 7.08. The molecule has 1 heterocycles. The number of carbonyl (C=O) groups excluding carboxylic acids is 1. The minimum atomic E-state index is -0.503. The van der Waals surface area contributed by atoms with Crippen LogP contribution in [-0.2, 0) is 11.2 Å². The Morgan fingerprint density at radius 1 is 1.25 bits per heavy atom. The molecular weight excluding hydrogens is 375 g/mol. The Balaban J connectivity index is 1.58. The highest BCUT2D eigenvalue weighted by molar-refractivity contribution is 7.16. The average Bonchev–Trinajstić information content (AvgIpc) is 3.15. The van der Waals surface area contributed by atoms with Crippen molar-refractivity contribution >= 4 is 33.1 Å². The van der Waals surface area contributed by atoms with Crippen molar-refractivity contribution < 1.29 is 13.9 Å². The summed E-state index contributed by atoms with van der Waals surface area (Å²) in [4.78, 5) is 16.5. The molecular formula is C22H21FN2O2S. The molecule has 2 aromatic carbocycles. The number of nitrogens with one attached hydrogen (secondary N) is 1. The van der Waals surface area contributed by atoms with Crippen molar-refractivity contribution in [3.05, 3.63) is 53.3 Å². The Morgan fingerprint density at radius 2 is 2.11 bits per heavy atom. The van der Waals surface area contributed by atoms with E-state index in [0.717, 1.165) is 23.1 Å². The maximum atomic E-state index is 14.6. The first-order chi connectivity index (χ1) is 13.7. The SMILES string of the molecule is CCCC#CCCOc1cccc(CC(=O)Nc2ccc3ncsc3c2)c1F. The number of thiazole rings is 1. The van der Waals surface area contributed by atoms with Crippen LogP contribution in [0.3, 0.4) is 0 Å². The lowest BCUT2D eigenvalue weighted by atomic mass is 10.1. The maximum Gasteiger partial charge on any atom is 0.228 e. The van der Waals surface area contributed by atoms with E-state index in [0.29, 0.717) is 24.3 Å². The summed E-state index contributed by atoms with van der Waals surface area (Å²) in [6, 6.07) is 10.3. The summed E-state index contributed by atoms with van der Waals surface area (Å²) in [5.74, 6) is 5.38. The van der Waals surface area contributed by atoms with Gasteiger partial charge in [0.2, 0.25) is 5.91 Å². The third-order valence-electron chi connectivity index (χ3n) is 3.99. The van der Waals surface area contributed by atoms with E-state index in [1.54, 1.807) is 29.8 Å². The van der Waals surface area contributed by atoms with Gasteiger partial charge < -0.3 is 10.1 Å². The van der Waals surface area contributed by atoms with Gasteiger partial charge in [0.15, 0.2) is 11.6 Å². The Kier molecular flexibility index (Phi) is 6.99. The number of fused-ring (bicyclic) bond motifs is 1. The zero-order chi connectivity index (χ0) is 19.8. The highest BCUT2D eigenvalue weighted by atomic mass is 32.1. The molecule has 1 aromatic heterocycles. The van der Waals surface area contributed by atoms with E-state index in [9.17, 15) is 9.18 Å². The van der Waals surface area contributed by atoms with Gasteiger partial charge in [-0.25, -0.2) is 9.37 Å². The van der Waals surface area contributed by atoms with Gasteiger partial charge in [0.05, 0.1) is 28.8 Å². The van der Waals surface area contributed by atoms with E-state index in [2.05, 4.69) is 29.1 Å². The quantitative estimate of drug-likeness (QED) is 0.442. The topological polar surface area (TPSA) is 51.2 Å². The molecule has 0 fully saturated rings. The lowest BCUT2D eigenvalue weighted by molar-refractivity contribution is -0.115. The van der Waals surface area contributed by atoms with Gasteiger partial charge in [-0.05, 0) is 30.7 Å². The number of hydrogen-bond acceptors (Lipinski definition) is 4. The predicted octanol–water partition coefficient (Wildman–Crippen LogP) is 5.19. The van der Waals surface area contributed by atoms with Crippen LogP contribution < -0.4 is 10.1 Å². The molecule has 0 bridgehead atoms. The number of ether oxygens (including phenoxy) is 1. The van der Waals surface area contributed by atoms with Crippen LogP contribution in [0, 0.1) is 17.7 Å².